The number of hydrogen-bond acceptors (Lipinski definition) is 3. The van der Waals surface area contributed by atoms with Crippen molar-refractivity contribution in [1.82, 2.24) is 10.2 Å². The number of rotatable bonds is 4. The Labute approximate surface area is 91.0 Å². The van der Waals surface area contributed by atoms with Gasteiger partial charge in [0.25, 0.3) is 0 Å². The molecule has 4 nitrogen and oxygen atoms in total. The Morgan fingerprint density at radius 3 is 2.80 bits per heavy atom. The summed E-state index contributed by atoms with van der Waals surface area (Å²) >= 11 is 0. The van der Waals surface area contributed by atoms with E-state index in [9.17, 15) is 9.59 Å². The van der Waals surface area contributed by atoms with Crippen LogP contribution in [-0.4, -0.2) is 42.3 Å². The molecule has 1 amide bonds. The van der Waals surface area contributed by atoms with Crippen LogP contribution in [0.2, 0.25) is 0 Å². The molecule has 1 atom stereocenters. The Morgan fingerprint density at radius 1 is 1.60 bits per heavy atom. The zero-order valence-corrected chi connectivity index (χ0v) is 9.75. The summed E-state index contributed by atoms with van der Waals surface area (Å²) < 4.78 is 0. The minimum Gasteiger partial charge on any atom is -0.353 e. The van der Waals surface area contributed by atoms with Crippen LogP contribution in [0.5, 0.6) is 0 Å². The Kier molecular flexibility index (Phi) is 4.27. The molecule has 1 aliphatic rings. The minimum absolute atomic E-state index is 0.0712. The largest absolute Gasteiger partial charge is 0.353 e. The molecule has 4 heteroatoms. The lowest BCUT2D eigenvalue weighted by Gasteiger charge is -2.37. The van der Waals surface area contributed by atoms with Gasteiger partial charge in [-0.15, -0.1) is 0 Å². The monoisotopic (exact) mass is 212 g/mol. The van der Waals surface area contributed by atoms with Crippen LogP contribution in [0.15, 0.2) is 0 Å². The summed E-state index contributed by atoms with van der Waals surface area (Å²) in [5.41, 5.74) is 0. The van der Waals surface area contributed by atoms with Crippen LogP contribution in [0.3, 0.4) is 0 Å². The van der Waals surface area contributed by atoms with Gasteiger partial charge in [-0.2, -0.15) is 0 Å². The van der Waals surface area contributed by atoms with Crippen LogP contribution in [0, 0.1) is 5.92 Å². The van der Waals surface area contributed by atoms with E-state index >= 15 is 0 Å². The van der Waals surface area contributed by atoms with Crippen molar-refractivity contribution >= 4 is 11.7 Å². The number of amides is 1. The number of piperazine rings is 1. The quantitative estimate of drug-likeness (QED) is 0.735. The lowest BCUT2D eigenvalue weighted by Crippen LogP contribution is -2.57. The van der Waals surface area contributed by atoms with E-state index in [1.807, 2.05) is 13.8 Å². The summed E-state index contributed by atoms with van der Waals surface area (Å²) in [6.45, 7) is 7.91. The van der Waals surface area contributed by atoms with E-state index < -0.39 is 0 Å². The van der Waals surface area contributed by atoms with Gasteiger partial charge in [0.05, 0.1) is 6.04 Å². The van der Waals surface area contributed by atoms with Gasteiger partial charge in [0.1, 0.15) is 5.78 Å². The molecule has 1 saturated heterocycles. The molecule has 1 N–H and O–H groups in total. The summed E-state index contributed by atoms with van der Waals surface area (Å²) in [6.07, 6.45) is 0.538. The van der Waals surface area contributed by atoms with Gasteiger partial charge < -0.3 is 5.32 Å². The molecule has 0 aromatic carbocycles. The zero-order valence-electron chi connectivity index (χ0n) is 9.75. The third-order valence-electron chi connectivity index (χ3n) is 2.74. The third kappa shape index (κ3) is 3.30. The van der Waals surface area contributed by atoms with Crippen LogP contribution in [0.25, 0.3) is 0 Å². The summed E-state index contributed by atoms with van der Waals surface area (Å²) in [5.74, 6) is 0.570. The second-order valence-electron chi connectivity index (χ2n) is 4.47. The van der Waals surface area contributed by atoms with Crippen molar-refractivity contribution in [1.29, 1.82) is 0 Å². The van der Waals surface area contributed by atoms with Crippen molar-refractivity contribution in [3.05, 3.63) is 0 Å². The average Bonchev–Trinajstić information content (AvgIpc) is 2.13. The van der Waals surface area contributed by atoms with E-state index in [0.717, 1.165) is 6.54 Å². The van der Waals surface area contributed by atoms with Crippen molar-refractivity contribution in [2.45, 2.75) is 33.2 Å². The molecule has 0 spiro atoms. The molecule has 1 aliphatic heterocycles. The fourth-order valence-corrected chi connectivity index (χ4v) is 2.01. The average molecular weight is 212 g/mol. The lowest BCUT2D eigenvalue weighted by molar-refractivity contribution is -0.131. The van der Waals surface area contributed by atoms with E-state index in [4.69, 9.17) is 0 Å². The maximum absolute atomic E-state index is 11.7. The first kappa shape index (κ1) is 12.2. The van der Waals surface area contributed by atoms with Crippen LogP contribution >= 0.6 is 0 Å². The highest BCUT2D eigenvalue weighted by Crippen LogP contribution is 2.14. The van der Waals surface area contributed by atoms with Crippen molar-refractivity contribution in [2.24, 2.45) is 5.92 Å². The van der Waals surface area contributed by atoms with Gasteiger partial charge in [-0.1, -0.05) is 13.8 Å². The summed E-state index contributed by atoms with van der Waals surface area (Å²) in [6, 6.07) is -0.0712. The summed E-state index contributed by atoms with van der Waals surface area (Å²) in [5, 5.41) is 2.87. The van der Waals surface area contributed by atoms with E-state index in [1.54, 1.807) is 6.92 Å². The molecule has 15 heavy (non-hydrogen) atoms. The van der Waals surface area contributed by atoms with Crippen molar-refractivity contribution < 1.29 is 9.59 Å². The van der Waals surface area contributed by atoms with Crippen molar-refractivity contribution in [3.63, 3.8) is 0 Å². The summed E-state index contributed by atoms with van der Waals surface area (Å²) in [7, 11) is 0. The van der Waals surface area contributed by atoms with Gasteiger partial charge in [0.15, 0.2) is 0 Å². The highest BCUT2D eigenvalue weighted by atomic mass is 16.2. The molecule has 0 radical (unpaired) electrons. The zero-order chi connectivity index (χ0) is 11.4. The fraction of sp³-hybridized carbons (Fsp3) is 0.818. The van der Waals surface area contributed by atoms with Gasteiger partial charge in [-0.05, 0) is 12.8 Å². The summed E-state index contributed by atoms with van der Waals surface area (Å²) in [4.78, 5) is 24.7. The van der Waals surface area contributed by atoms with E-state index in [0.29, 0.717) is 19.5 Å². The molecular formula is C11H20N2O2. The highest BCUT2D eigenvalue weighted by Gasteiger charge is 2.31. The number of nitrogens with zero attached hydrogens (tertiary/aromatic N) is 1. The van der Waals surface area contributed by atoms with Crippen LogP contribution in [0.4, 0.5) is 0 Å². The predicted molar refractivity (Wildman–Crippen MR) is 58.5 cm³/mol. The second-order valence-corrected chi connectivity index (χ2v) is 4.47. The molecule has 0 aliphatic carbocycles. The Bertz CT molecular complexity index is 251. The number of carbonyl (C=O) groups is 2. The van der Waals surface area contributed by atoms with Gasteiger partial charge in [-0.25, -0.2) is 0 Å². The number of hydrogen-bond donors (Lipinski definition) is 1. The number of nitrogens with one attached hydrogen (secondary N) is 1. The molecule has 1 rings (SSSR count). The number of ketones is 1. The Morgan fingerprint density at radius 2 is 2.27 bits per heavy atom. The van der Waals surface area contributed by atoms with E-state index in [1.165, 1.54) is 0 Å². The third-order valence-corrected chi connectivity index (χ3v) is 2.74. The van der Waals surface area contributed by atoms with Crippen LogP contribution in [0.1, 0.15) is 27.2 Å². The molecular weight excluding hydrogens is 192 g/mol. The van der Waals surface area contributed by atoms with E-state index in [-0.39, 0.29) is 23.7 Å². The molecule has 1 heterocycles. The van der Waals surface area contributed by atoms with E-state index in [2.05, 4.69) is 10.2 Å². The number of Topliss-reactive ketones (excluding diaryl/α,β-unsaturated/α-hetero) is 1. The second kappa shape index (κ2) is 5.26. The predicted octanol–water partition coefficient (Wildman–Crippen LogP) is 0.422. The fourth-order valence-electron chi connectivity index (χ4n) is 2.01. The molecule has 0 aromatic heterocycles. The Balaban J connectivity index is 2.58. The smallest absolute Gasteiger partial charge is 0.237 e. The molecule has 1 unspecified atom stereocenters. The van der Waals surface area contributed by atoms with Crippen molar-refractivity contribution in [3.8, 4) is 0 Å². The molecule has 1 fully saturated rings. The van der Waals surface area contributed by atoms with Gasteiger partial charge in [0.2, 0.25) is 5.91 Å². The maximum atomic E-state index is 11.7. The molecule has 0 saturated carbocycles. The maximum Gasteiger partial charge on any atom is 0.237 e. The SMILES string of the molecule is CC(=O)CCN1CCNC(=O)C1C(C)C. The normalized spacial score (nSPS) is 22.9. The first-order valence-electron chi connectivity index (χ1n) is 5.53. The molecule has 0 aromatic rings. The van der Waals surface area contributed by atoms with Gasteiger partial charge >= 0.3 is 0 Å². The highest BCUT2D eigenvalue weighted by molar-refractivity contribution is 5.83. The molecule has 0 bridgehead atoms. The van der Waals surface area contributed by atoms with Crippen LogP contribution < -0.4 is 5.32 Å². The van der Waals surface area contributed by atoms with Gasteiger partial charge in [0, 0.05) is 26.1 Å². The first-order chi connectivity index (χ1) is 7.02. The topological polar surface area (TPSA) is 49.4 Å². The first-order valence-corrected chi connectivity index (χ1v) is 5.53. The molecule has 86 valence electrons. The lowest BCUT2D eigenvalue weighted by atomic mass is 9.99. The minimum atomic E-state index is -0.0712. The van der Waals surface area contributed by atoms with Crippen LogP contribution in [-0.2, 0) is 9.59 Å². The standard InChI is InChI=1S/C11H20N2O2/c1-8(2)10-11(15)12-5-7-13(10)6-4-9(3)14/h8,10H,4-7H2,1-3H3,(H,12,15). The van der Waals surface area contributed by atoms with Crippen molar-refractivity contribution in [2.75, 3.05) is 19.6 Å². The number of carbonyl (C=O) groups excluding carboxylic acids is 2. The Hall–Kier alpha value is -0.900. The van der Waals surface area contributed by atoms with Gasteiger partial charge in [-0.3, -0.25) is 14.5 Å².